The molecule has 1 heterocycles. The summed E-state index contributed by atoms with van der Waals surface area (Å²) in [6.45, 7) is 2.23. The van der Waals surface area contributed by atoms with Crippen molar-refractivity contribution in [3.8, 4) is 0 Å². The molecule has 0 saturated carbocycles. The quantitative estimate of drug-likeness (QED) is 0.772. The van der Waals surface area contributed by atoms with Crippen LogP contribution >= 0.6 is 15.9 Å². The van der Waals surface area contributed by atoms with Gasteiger partial charge in [0.2, 0.25) is 0 Å². The van der Waals surface area contributed by atoms with E-state index in [-0.39, 0.29) is 5.91 Å². The van der Waals surface area contributed by atoms with Gasteiger partial charge in [0, 0.05) is 16.7 Å². The fourth-order valence-corrected chi connectivity index (χ4v) is 2.92. The van der Waals surface area contributed by atoms with Crippen molar-refractivity contribution in [3.63, 3.8) is 0 Å². The van der Waals surface area contributed by atoms with Gasteiger partial charge in [0.1, 0.15) is 0 Å². The molecule has 118 valence electrons. The molecule has 1 atom stereocenters. The van der Waals surface area contributed by atoms with Crippen molar-refractivity contribution < 1.29 is 14.3 Å². The minimum Gasteiger partial charge on any atom is -0.449 e. The Morgan fingerprint density at radius 2 is 1.83 bits per heavy atom. The summed E-state index contributed by atoms with van der Waals surface area (Å²) in [6, 6.07) is 14.7. The number of para-hydroxylation sites is 1. The molecule has 0 aromatic heterocycles. The number of esters is 1. The normalized spacial score (nSPS) is 14.3. The van der Waals surface area contributed by atoms with Crippen molar-refractivity contribution in [1.82, 2.24) is 0 Å². The molecule has 0 unspecified atom stereocenters. The number of anilines is 1. The van der Waals surface area contributed by atoms with Gasteiger partial charge in [-0.25, -0.2) is 4.79 Å². The van der Waals surface area contributed by atoms with E-state index in [2.05, 4.69) is 15.9 Å². The van der Waals surface area contributed by atoms with Gasteiger partial charge in [-0.2, -0.15) is 0 Å². The number of amides is 1. The summed E-state index contributed by atoms with van der Waals surface area (Å²) in [6.07, 6.45) is 0.00672. The molecule has 1 aliphatic rings. The lowest BCUT2D eigenvalue weighted by Gasteiger charge is -2.21. The van der Waals surface area contributed by atoms with Crippen LogP contribution in [0.1, 0.15) is 22.8 Å². The lowest BCUT2D eigenvalue weighted by Crippen LogP contribution is -2.39. The van der Waals surface area contributed by atoms with Crippen LogP contribution in [0.4, 0.5) is 5.69 Å². The first-order valence-electron chi connectivity index (χ1n) is 7.42. The Balaban J connectivity index is 1.69. The highest BCUT2D eigenvalue weighted by atomic mass is 79.9. The molecule has 0 N–H and O–H groups in total. The molecule has 0 fully saturated rings. The largest absolute Gasteiger partial charge is 0.449 e. The maximum atomic E-state index is 12.6. The van der Waals surface area contributed by atoms with Gasteiger partial charge in [-0.3, -0.25) is 4.79 Å². The number of halogens is 1. The van der Waals surface area contributed by atoms with E-state index in [4.69, 9.17) is 4.74 Å². The molecule has 5 heteroatoms. The molecule has 0 radical (unpaired) electrons. The average molecular weight is 374 g/mol. The minimum atomic E-state index is -0.822. The van der Waals surface area contributed by atoms with Gasteiger partial charge in [0.05, 0.1) is 5.56 Å². The van der Waals surface area contributed by atoms with Crippen LogP contribution in [0.2, 0.25) is 0 Å². The number of rotatable bonds is 3. The Labute approximate surface area is 143 Å². The zero-order valence-corrected chi connectivity index (χ0v) is 14.2. The lowest BCUT2D eigenvalue weighted by molar-refractivity contribution is -0.126. The number of carbonyl (C=O) groups excluding carboxylic acids is 2. The fourth-order valence-electron chi connectivity index (χ4n) is 2.65. The van der Waals surface area contributed by atoms with Crippen molar-refractivity contribution in [3.05, 3.63) is 64.1 Å². The molecule has 0 aliphatic carbocycles. The zero-order chi connectivity index (χ0) is 16.4. The molecule has 0 spiro atoms. The predicted molar refractivity (Wildman–Crippen MR) is 91.5 cm³/mol. The summed E-state index contributed by atoms with van der Waals surface area (Å²) < 4.78 is 6.20. The Bertz CT molecular complexity index is 742. The first-order valence-corrected chi connectivity index (χ1v) is 8.21. The second-order valence-electron chi connectivity index (χ2n) is 5.42. The molecule has 1 amide bonds. The second kappa shape index (κ2) is 6.54. The molecule has 2 aromatic rings. The van der Waals surface area contributed by atoms with Crippen LogP contribution in [0.5, 0.6) is 0 Å². The van der Waals surface area contributed by atoms with E-state index in [0.29, 0.717) is 12.1 Å². The van der Waals surface area contributed by atoms with E-state index in [1.54, 1.807) is 36.1 Å². The third-order valence-corrected chi connectivity index (χ3v) is 4.39. The van der Waals surface area contributed by atoms with E-state index in [1.165, 1.54) is 0 Å². The zero-order valence-electron chi connectivity index (χ0n) is 12.7. The fraction of sp³-hybridized carbons (Fsp3) is 0.222. The number of hydrogen-bond acceptors (Lipinski definition) is 3. The summed E-state index contributed by atoms with van der Waals surface area (Å²) in [5, 5.41) is 0. The Hall–Kier alpha value is -2.14. The molecule has 2 aromatic carbocycles. The maximum Gasteiger partial charge on any atom is 0.338 e. The van der Waals surface area contributed by atoms with Crippen LogP contribution in [-0.4, -0.2) is 24.5 Å². The summed E-state index contributed by atoms with van der Waals surface area (Å²) in [4.78, 5) is 26.4. The van der Waals surface area contributed by atoms with Crippen LogP contribution in [0, 0.1) is 0 Å². The standard InChI is InChI=1S/C18H16BrNO3/c1-12(23-18(22)14-6-8-15(19)9-7-14)17(21)20-11-10-13-4-2-3-5-16(13)20/h2-9,12H,10-11H2,1H3/t12-/m1/s1. The van der Waals surface area contributed by atoms with Gasteiger partial charge in [0.25, 0.3) is 5.91 Å². The molecule has 4 nitrogen and oxygen atoms in total. The number of fused-ring (bicyclic) bond motifs is 1. The predicted octanol–water partition coefficient (Wildman–Crippen LogP) is 3.58. The van der Waals surface area contributed by atoms with E-state index in [0.717, 1.165) is 22.1 Å². The van der Waals surface area contributed by atoms with Crippen molar-refractivity contribution >= 4 is 33.5 Å². The van der Waals surface area contributed by atoms with Crippen LogP contribution in [-0.2, 0) is 16.0 Å². The summed E-state index contributed by atoms with van der Waals surface area (Å²) in [7, 11) is 0. The van der Waals surface area contributed by atoms with Crippen molar-refractivity contribution in [1.29, 1.82) is 0 Å². The number of nitrogens with zero attached hydrogens (tertiary/aromatic N) is 1. The average Bonchev–Trinajstić information content (AvgIpc) is 2.98. The van der Waals surface area contributed by atoms with Crippen LogP contribution < -0.4 is 4.90 Å². The van der Waals surface area contributed by atoms with E-state index < -0.39 is 12.1 Å². The Kier molecular flexibility index (Phi) is 4.48. The van der Waals surface area contributed by atoms with Gasteiger partial charge in [-0.1, -0.05) is 34.1 Å². The van der Waals surface area contributed by atoms with Crippen LogP contribution in [0.25, 0.3) is 0 Å². The molecule has 23 heavy (non-hydrogen) atoms. The second-order valence-corrected chi connectivity index (χ2v) is 6.34. The van der Waals surface area contributed by atoms with Gasteiger partial charge in [0.15, 0.2) is 6.10 Å². The van der Waals surface area contributed by atoms with Gasteiger partial charge in [-0.05, 0) is 49.2 Å². The van der Waals surface area contributed by atoms with E-state index in [1.807, 2.05) is 24.3 Å². The van der Waals surface area contributed by atoms with Gasteiger partial charge in [-0.15, -0.1) is 0 Å². The first kappa shape index (κ1) is 15.7. The molecular weight excluding hydrogens is 358 g/mol. The lowest BCUT2D eigenvalue weighted by atomic mass is 10.2. The number of carbonyl (C=O) groups is 2. The summed E-state index contributed by atoms with van der Waals surface area (Å²) in [5.41, 5.74) is 2.48. The Morgan fingerprint density at radius 1 is 1.13 bits per heavy atom. The van der Waals surface area contributed by atoms with E-state index in [9.17, 15) is 9.59 Å². The first-order chi connectivity index (χ1) is 11.1. The molecule has 1 aliphatic heterocycles. The van der Waals surface area contributed by atoms with Crippen molar-refractivity contribution in [2.24, 2.45) is 0 Å². The molecule has 0 bridgehead atoms. The summed E-state index contributed by atoms with van der Waals surface area (Å²) >= 11 is 3.32. The van der Waals surface area contributed by atoms with Crippen molar-refractivity contribution in [2.45, 2.75) is 19.4 Å². The minimum absolute atomic E-state index is 0.194. The Morgan fingerprint density at radius 3 is 2.57 bits per heavy atom. The highest BCUT2D eigenvalue weighted by Crippen LogP contribution is 2.28. The SMILES string of the molecule is C[C@@H](OC(=O)c1ccc(Br)cc1)C(=O)N1CCc2ccccc21. The molecular formula is C18H16BrNO3. The third-order valence-electron chi connectivity index (χ3n) is 3.86. The number of ether oxygens (including phenoxy) is 1. The summed E-state index contributed by atoms with van der Waals surface area (Å²) in [5.74, 6) is -0.689. The number of hydrogen-bond donors (Lipinski definition) is 0. The third kappa shape index (κ3) is 3.29. The van der Waals surface area contributed by atoms with Crippen LogP contribution in [0.3, 0.4) is 0 Å². The highest BCUT2D eigenvalue weighted by Gasteiger charge is 2.29. The maximum absolute atomic E-state index is 12.6. The molecule has 0 saturated heterocycles. The smallest absolute Gasteiger partial charge is 0.338 e. The van der Waals surface area contributed by atoms with E-state index >= 15 is 0 Å². The van der Waals surface area contributed by atoms with Gasteiger partial charge < -0.3 is 9.64 Å². The number of benzene rings is 2. The van der Waals surface area contributed by atoms with Crippen molar-refractivity contribution in [2.75, 3.05) is 11.4 Å². The molecule has 3 rings (SSSR count). The van der Waals surface area contributed by atoms with Crippen LogP contribution in [0.15, 0.2) is 53.0 Å². The van der Waals surface area contributed by atoms with Gasteiger partial charge >= 0.3 is 5.97 Å². The monoisotopic (exact) mass is 373 g/mol. The topological polar surface area (TPSA) is 46.6 Å². The highest BCUT2D eigenvalue weighted by molar-refractivity contribution is 9.10.